The minimum Gasteiger partial charge on any atom is -0.386 e. The number of para-hydroxylation sites is 1. The van der Waals surface area contributed by atoms with Crippen LogP contribution >= 0.6 is 11.3 Å². The van der Waals surface area contributed by atoms with Gasteiger partial charge in [-0.2, -0.15) is 5.10 Å². The second kappa shape index (κ2) is 6.84. The van der Waals surface area contributed by atoms with Crippen LogP contribution in [0.2, 0.25) is 0 Å². The molecule has 0 saturated heterocycles. The van der Waals surface area contributed by atoms with Crippen LogP contribution in [0.5, 0.6) is 0 Å². The molecule has 4 nitrogen and oxygen atoms in total. The Bertz CT molecular complexity index is 1290. The van der Waals surface area contributed by atoms with Crippen LogP contribution in [0.15, 0.2) is 60.3 Å². The highest BCUT2D eigenvalue weighted by Gasteiger charge is 2.49. The van der Waals surface area contributed by atoms with Crippen LogP contribution in [0.4, 0.5) is 4.39 Å². The highest BCUT2D eigenvalue weighted by atomic mass is 32.1. The van der Waals surface area contributed by atoms with Crippen molar-refractivity contribution in [2.45, 2.75) is 32.3 Å². The Balaban J connectivity index is 1.35. The van der Waals surface area contributed by atoms with Crippen LogP contribution in [-0.2, 0) is 6.42 Å². The van der Waals surface area contributed by atoms with E-state index < -0.39 is 6.10 Å². The van der Waals surface area contributed by atoms with Crippen molar-refractivity contribution in [3.8, 4) is 5.69 Å². The van der Waals surface area contributed by atoms with E-state index in [1.165, 1.54) is 23.3 Å². The number of nitrogens with zero attached hydrogens (tertiary/aromatic N) is 3. The first kappa shape index (κ1) is 18.9. The third-order valence-electron chi connectivity index (χ3n) is 7.05. The Kier molecular flexibility index (Phi) is 4.17. The van der Waals surface area contributed by atoms with Crippen molar-refractivity contribution in [1.29, 1.82) is 0 Å². The predicted octanol–water partition coefficient (Wildman–Crippen LogP) is 5.71. The molecule has 3 atom stereocenters. The zero-order chi connectivity index (χ0) is 21.2. The lowest BCUT2D eigenvalue weighted by Gasteiger charge is -2.37. The van der Waals surface area contributed by atoms with Crippen molar-refractivity contribution in [2.75, 3.05) is 0 Å². The minimum atomic E-state index is -0.581. The van der Waals surface area contributed by atoms with Gasteiger partial charge in [0.2, 0.25) is 0 Å². The Morgan fingerprint density at radius 1 is 1.19 bits per heavy atom. The Morgan fingerprint density at radius 2 is 2.00 bits per heavy atom. The number of halogens is 1. The summed E-state index contributed by atoms with van der Waals surface area (Å²) in [4.78, 5) is 4.72. The van der Waals surface area contributed by atoms with Crippen molar-refractivity contribution in [3.05, 3.63) is 82.4 Å². The predicted molar refractivity (Wildman–Crippen MR) is 121 cm³/mol. The zero-order valence-electron chi connectivity index (χ0n) is 17.1. The van der Waals surface area contributed by atoms with Gasteiger partial charge in [0.1, 0.15) is 16.9 Å². The fraction of sp³-hybridized carbons (Fsp3) is 0.280. The summed E-state index contributed by atoms with van der Waals surface area (Å²) >= 11 is 1.59. The average Bonchev–Trinajstić information content (AvgIpc) is 3.46. The summed E-state index contributed by atoms with van der Waals surface area (Å²) in [7, 11) is 0. The first-order valence-corrected chi connectivity index (χ1v) is 11.4. The van der Waals surface area contributed by atoms with Crippen LogP contribution in [0.25, 0.3) is 22.0 Å². The van der Waals surface area contributed by atoms with Gasteiger partial charge in [0.15, 0.2) is 0 Å². The third-order valence-corrected chi connectivity index (χ3v) is 8.15. The lowest BCUT2D eigenvalue weighted by molar-refractivity contribution is 0.0555. The first-order chi connectivity index (χ1) is 15.0. The Morgan fingerprint density at radius 3 is 2.81 bits per heavy atom. The van der Waals surface area contributed by atoms with Gasteiger partial charge in [-0.25, -0.2) is 14.1 Å². The summed E-state index contributed by atoms with van der Waals surface area (Å²) in [5, 5.41) is 16.7. The molecule has 31 heavy (non-hydrogen) atoms. The summed E-state index contributed by atoms with van der Waals surface area (Å²) in [6, 6.07) is 14.5. The van der Waals surface area contributed by atoms with Crippen molar-refractivity contribution < 1.29 is 9.50 Å². The Hall–Kier alpha value is -2.83. The maximum Gasteiger partial charge on any atom is 0.123 e. The van der Waals surface area contributed by atoms with Gasteiger partial charge in [-0.3, -0.25) is 0 Å². The van der Waals surface area contributed by atoms with Gasteiger partial charge in [-0.05, 0) is 72.7 Å². The fourth-order valence-corrected chi connectivity index (χ4v) is 6.38. The second-order valence-corrected chi connectivity index (χ2v) is 9.88. The van der Waals surface area contributed by atoms with Gasteiger partial charge in [0.05, 0.1) is 27.8 Å². The zero-order valence-corrected chi connectivity index (χ0v) is 17.9. The van der Waals surface area contributed by atoms with Gasteiger partial charge in [-0.15, -0.1) is 11.3 Å². The number of allylic oxidation sites excluding steroid dienone is 1. The molecule has 0 unspecified atom stereocenters. The number of fused-ring (bicyclic) bond motifs is 3. The van der Waals surface area contributed by atoms with Crippen molar-refractivity contribution >= 4 is 27.6 Å². The highest BCUT2D eigenvalue weighted by molar-refractivity contribution is 7.18. The molecule has 0 spiro atoms. The Labute approximate surface area is 183 Å². The normalized spacial score (nSPS) is 23.5. The molecular weight excluding hydrogens is 409 g/mol. The quantitative estimate of drug-likeness (QED) is 0.452. The maximum absolute atomic E-state index is 13.4. The van der Waals surface area contributed by atoms with E-state index in [2.05, 4.69) is 24.2 Å². The van der Waals surface area contributed by atoms with Crippen molar-refractivity contribution in [3.63, 3.8) is 0 Å². The highest BCUT2D eigenvalue weighted by Crippen LogP contribution is 2.57. The fourth-order valence-electron chi connectivity index (χ4n) is 5.36. The third kappa shape index (κ3) is 2.89. The molecule has 0 aliphatic heterocycles. The molecule has 2 aliphatic rings. The molecule has 0 radical (unpaired) electrons. The molecule has 2 aromatic carbocycles. The molecular formula is C25H22FN3OS. The SMILES string of the molecule is C[C@]12Cc3cnn(-c4ccc(F)cc4)c3C=C1CC[C@@H]2[C@H](O)c1nc2ccccc2s1. The first-order valence-electron chi connectivity index (χ1n) is 10.6. The molecule has 0 bridgehead atoms. The van der Waals surface area contributed by atoms with Crippen LogP contribution in [0.3, 0.4) is 0 Å². The van der Waals surface area contributed by atoms with Gasteiger partial charge in [0.25, 0.3) is 0 Å². The molecule has 0 amide bonds. The number of hydrogen-bond donors (Lipinski definition) is 1. The van der Waals surface area contributed by atoms with Crippen molar-refractivity contribution in [1.82, 2.24) is 14.8 Å². The number of aliphatic hydroxyl groups is 1. The number of benzene rings is 2. The lowest BCUT2D eigenvalue weighted by Crippen LogP contribution is -2.32. The summed E-state index contributed by atoms with van der Waals surface area (Å²) in [6.07, 6.45) is 6.30. The molecule has 6 rings (SSSR count). The van der Waals surface area contributed by atoms with Crippen LogP contribution in [0, 0.1) is 17.2 Å². The van der Waals surface area contributed by atoms with E-state index in [9.17, 15) is 9.50 Å². The van der Waals surface area contributed by atoms with Gasteiger partial charge in [-0.1, -0.05) is 24.6 Å². The molecule has 1 fully saturated rings. The van der Waals surface area contributed by atoms with Crippen LogP contribution < -0.4 is 0 Å². The van der Waals surface area contributed by atoms with Gasteiger partial charge >= 0.3 is 0 Å². The molecule has 2 heterocycles. The van der Waals surface area contributed by atoms with Crippen LogP contribution in [-0.4, -0.2) is 19.9 Å². The van der Waals surface area contributed by atoms with E-state index in [1.807, 2.05) is 29.1 Å². The average molecular weight is 432 g/mol. The van der Waals surface area contributed by atoms with Crippen LogP contribution in [0.1, 0.15) is 42.1 Å². The summed E-state index contributed by atoms with van der Waals surface area (Å²) in [5.41, 5.74) is 5.27. The molecule has 2 aromatic heterocycles. The van der Waals surface area contributed by atoms with Crippen molar-refractivity contribution in [2.24, 2.45) is 11.3 Å². The van der Waals surface area contributed by atoms with E-state index >= 15 is 0 Å². The smallest absolute Gasteiger partial charge is 0.123 e. The number of hydrogen-bond acceptors (Lipinski definition) is 4. The number of aromatic nitrogens is 3. The molecule has 1 N–H and O–H groups in total. The molecule has 6 heteroatoms. The molecule has 156 valence electrons. The molecule has 1 saturated carbocycles. The van der Waals surface area contributed by atoms with E-state index in [-0.39, 0.29) is 17.2 Å². The summed E-state index contributed by atoms with van der Waals surface area (Å²) < 4.78 is 16.4. The maximum atomic E-state index is 13.4. The van der Waals surface area contributed by atoms with Gasteiger partial charge < -0.3 is 5.11 Å². The molecule has 2 aliphatic carbocycles. The largest absolute Gasteiger partial charge is 0.386 e. The minimum absolute atomic E-state index is 0.113. The monoisotopic (exact) mass is 431 g/mol. The van der Waals surface area contributed by atoms with E-state index in [0.717, 1.165) is 45.9 Å². The van der Waals surface area contributed by atoms with Gasteiger partial charge in [0, 0.05) is 5.92 Å². The van der Waals surface area contributed by atoms with E-state index in [0.29, 0.717) is 0 Å². The lowest BCUT2D eigenvalue weighted by atomic mass is 9.68. The number of rotatable bonds is 3. The number of thiazole rings is 1. The molecule has 4 aromatic rings. The number of aliphatic hydroxyl groups excluding tert-OH is 1. The summed E-state index contributed by atoms with van der Waals surface area (Å²) in [5.74, 6) is -0.139. The van der Waals surface area contributed by atoms with E-state index in [1.54, 1.807) is 23.5 Å². The standard InChI is InChI=1S/C25H22FN3OS/c1-25-13-15-14-27-29(18-9-7-17(26)8-10-18)21(15)12-16(25)6-11-19(25)23(30)24-28-20-4-2-3-5-22(20)31-24/h2-5,7-10,12,14,19,23,30H,6,11,13H2,1H3/t19-,23+,25+/m1/s1. The topological polar surface area (TPSA) is 50.9 Å². The second-order valence-electron chi connectivity index (χ2n) is 8.82. The van der Waals surface area contributed by atoms with E-state index in [4.69, 9.17) is 4.98 Å². The summed E-state index contributed by atoms with van der Waals surface area (Å²) in [6.45, 7) is 2.27.